The van der Waals surface area contributed by atoms with Crippen molar-refractivity contribution in [1.29, 1.82) is 0 Å². The van der Waals surface area contributed by atoms with Crippen LogP contribution in [0.3, 0.4) is 0 Å². The van der Waals surface area contributed by atoms with Crippen LogP contribution in [0.5, 0.6) is 0 Å². The zero-order valence-electron chi connectivity index (χ0n) is 16.4. The van der Waals surface area contributed by atoms with E-state index in [1.54, 1.807) is 5.57 Å². The fourth-order valence-electron chi connectivity index (χ4n) is 5.41. The first-order valence-corrected chi connectivity index (χ1v) is 10.9. The van der Waals surface area contributed by atoms with Crippen LogP contribution in [0.15, 0.2) is 23.8 Å². The molecule has 0 aromatic heterocycles. The van der Waals surface area contributed by atoms with E-state index in [0.717, 1.165) is 18.8 Å². The third kappa shape index (κ3) is 4.47. The summed E-state index contributed by atoms with van der Waals surface area (Å²) >= 11 is 2.67. The van der Waals surface area contributed by atoms with Crippen molar-refractivity contribution in [3.05, 3.63) is 23.8 Å². The lowest BCUT2D eigenvalue weighted by Crippen LogP contribution is -2.43. The Labute approximate surface area is 163 Å². The van der Waals surface area contributed by atoms with E-state index in [1.807, 2.05) is 19.1 Å². The topological polar surface area (TPSA) is 20.2 Å². The summed E-state index contributed by atoms with van der Waals surface area (Å²) in [6, 6.07) is 0. The van der Waals surface area contributed by atoms with Crippen molar-refractivity contribution >= 4 is 22.6 Å². The molecule has 0 radical (unpaired) electrons. The second kappa shape index (κ2) is 7.82. The second-order valence-electron chi connectivity index (χ2n) is 9.18. The number of allylic oxidation sites excluding steroid dienone is 3. The minimum atomic E-state index is -0.314. The highest BCUT2D eigenvalue weighted by atomic mass is 127. The van der Waals surface area contributed by atoms with E-state index in [9.17, 15) is 5.11 Å². The molecule has 1 saturated carbocycles. The van der Waals surface area contributed by atoms with Crippen LogP contribution in [-0.2, 0) is 0 Å². The van der Waals surface area contributed by atoms with Crippen molar-refractivity contribution in [2.75, 3.05) is 0 Å². The van der Waals surface area contributed by atoms with Gasteiger partial charge in [-0.2, -0.15) is 0 Å². The number of rotatable bonds is 5. The van der Waals surface area contributed by atoms with Gasteiger partial charge in [0.15, 0.2) is 0 Å². The van der Waals surface area contributed by atoms with Gasteiger partial charge in [0.1, 0.15) is 0 Å². The summed E-state index contributed by atoms with van der Waals surface area (Å²) in [5.41, 5.74) is 2.00. The average Bonchev–Trinajstić information content (AvgIpc) is 2.46. The lowest BCUT2D eigenvalue weighted by Gasteiger charge is -2.51. The van der Waals surface area contributed by atoms with E-state index in [4.69, 9.17) is 0 Å². The maximum absolute atomic E-state index is 10.7. The van der Waals surface area contributed by atoms with Gasteiger partial charge in [0, 0.05) is 3.42 Å². The van der Waals surface area contributed by atoms with Crippen LogP contribution < -0.4 is 0 Å². The molecule has 0 bridgehead atoms. The first-order chi connectivity index (χ1) is 11.2. The van der Waals surface area contributed by atoms with E-state index in [2.05, 4.69) is 56.4 Å². The summed E-state index contributed by atoms with van der Waals surface area (Å²) < 4.78 is 0.417. The Morgan fingerprint density at radius 1 is 1.33 bits per heavy atom. The van der Waals surface area contributed by atoms with Crippen molar-refractivity contribution in [3.63, 3.8) is 0 Å². The van der Waals surface area contributed by atoms with E-state index >= 15 is 0 Å². The zero-order chi connectivity index (χ0) is 18.0. The van der Waals surface area contributed by atoms with Crippen molar-refractivity contribution < 1.29 is 5.11 Å². The molecule has 0 aromatic rings. The Balaban J connectivity index is 2.29. The normalized spacial score (nSPS) is 42.1. The minimum absolute atomic E-state index is 0.0161. The Morgan fingerprint density at radius 3 is 2.67 bits per heavy atom. The highest BCUT2D eigenvalue weighted by Gasteiger charge is 2.47. The predicted octanol–water partition coefficient (Wildman–Crippen LogP) is 6.84. The van der Waals surface area contributed by atoms with Crippen LogP contribution in [0.25, 0.3) is 0 Å². The SMILES string of the molecule is C/C=C/C(O)[C@]1(C)CCC[C@@](C)(C2=CC[C@](C)(I)CC2CCC)C1. The molecular weight excluding hydrogens is 407 g/mol. The Kier molecular flexibility index (Phi) is 6.67. The zero-order valence-corrected chi connectivity index (χ0v) is 18.5. The van der Waals surface area contributed by atoms with E-state index in [-0.39, 0.29) is 16.9 Å². The minimum Gasteiger partial charge on any atom is -0.388 e. The average molecular weight is 444 g/mol. The molecule has 1 fully saturated rings. The lowest BCUT2D eigenvalue weighted by molar-refractivity contribution is 0.00101. The van der Waals surface area contributed by atoms with E-state index < -0.39 is 0 Å². The van der Waals surface area contributed by atoms with Crippen molar-refractivity contribution in [1.82, 2.24) is 0 Å². The maximum Gasteiger partial charge on any atom is 0.0774 e. The van der Waals surface area contributed by atoms with Crippen molar-refractivity contribution in [2.24, 2.45) is 16.7 Å². The molecule has 0 aliphatic heterocycles. The van der Waals surface area contributed by atoms with Gasteiger partial charge in [-0.05, 0) is 62.2 Å². The molecule has 2 aliphatic carbocycles. The Bertz CT molecular complexity index is 492. The molecule has 0 saturated heterocycles. The molecule has 2 rings (SSSR count). The smallest absolute Gasteiger partial charge is 0.0774 e. The van der Waals surface area contributed by atoms with Gasteiger partial charge in [0.05, 0.1) is 6.10 Å². The predicted molar refractivity (Wildman–Crippen MR) is 114 cm³/mol. The van der Waals surface area contributed by atoms with E-state index in [0.29, 0.717) is 3.42 Å². The number of aliphatic hydroxyl groups is 1. The van der Waals surface area contributed by atoms with Gasteiger partial charge in [0.2, 0.25) is 0 Å². The highest BCUT2D eigenvalue weighted by molar-refractivity contribution is 14.1. The van der Waals surface area contributed by atoms with Crippen molar-refractivity contribution in [2.45, 2.75) is 95.5 Å². The quantitative estimate of drug-likeness (QED) is 0.280. The van der Waals surface area contributed by atoms with Crippen LogP contribution in [-0.4, -0.2) is 14.6 Å². The summed E-state index contributed by atoms with van der Waals surface area (Å²) in [4.78, 5) is 0. The number of aliphatic hydroxyl groups excluding tert-OH is 1. The number of hydrogen-bond donors (Lipinski definition) is 1. The molecule has 0 amide bonds. The molecule has 0 spiro atoms. The molecule has 1 N–H and O–H groups in total. The molecule has 0 aromatic carbocycles. The lowest BCUT2D eigenvalue weighted by atomic mass is 9.55. The molecule has 2 heteroatoms. The first kappa shape index (κ1) is 20.5. The van der Waals surface area contributed by atoms with Crippen molar-refractivity contribution in [3.8, 4) is 0 Å². The summed E-state index contributed by atoms with van der Waals surface area (Å²) in [5, 5.41) is 10.7. The van der Waals surface area contributed by atoms with Gasteiger partial charge in [-0.25, -0.2) is 0 Å². The number of alkyl halides is 1. The van der Waals surface area contributed by atoms with Gasteiger partial charge in [0.25, 0.3) is 0 Å². The Hall–Kier alpha value is 0.170. The fourth-order valence-corrected chi connectivity index (χ4v) is 6.16. The molecule has 1 nitrogen and oxygen atoms in total. The van der Waals surface area contributed by atoms with Crippen LogP contribution in [0, 0.1) is 16.7 Å². The number of hydrogen-bond acceptors (Lipinski definition) is 1. The van der Waals surface area contributed by atoms with Crippen LogP contribution in [0.4, 0.5) is 0 Å². The van der Waals surface area contributed by atoms with Crippen LogP contribution >= 0.6 is 22.6 Å². The molecular formula is C22H37IO. The molecule has 138 valence electrons. The summed E-state index contributed by atoms with van der Waals surface area (Å²) in [6.07, 6.45) is 16.2. The van der Waals surface area contributed by atoms with Crippen LogP contribution in [0.2, 0.25) is 0 Å². The molecule has 24 heavy (non-hydrogen) atoms. The third-order valence-corrected chi connectivity index (χ3v) is 7.43. The monoisotopic (exact) mass is 444 g/mol. The largest absolute Gasteiger partial charge is 0.388 e. The molecule has 5 atom stereocenters. The third-order valence-electron chi connectivity index (χ3n) is 6.55. The number of halogens is 1. The summed E-state index contributed by atoms with van der Waals surface area (Å²) in [7, 11) is 0. The van der Waals surface area contributed by atoms with Gasteiger partial charge < -0.3 is 5.11 Å². The standard InChI is InChI=1S/C22H37IO/c1-6-9-17-15-22(5,23)14-11-18(17)20(3)12-8-13-21(4,16-20)19(24)10-7-2/h7,10-11,17,19,24H,6,8-9,12-16H2,1-5H3/b10-7+/t17?,19?,20-,21-,22+/m1/s1. The van der Waals surface area contributed by atoms with Gasteiger partial charge in [-0.3, -0.25) is 0 Å². The Morgan fingerprint density at radius 2 is 2.04 bits per heavy atom. The maximum atomic E-state index is 10.7. The van der Waals surface area contributed by atoms with Crippen LogP contribution in [0.1, 0.15) is 86.0 Å². The first-order valence-electron chi connectivity index (χ1n) is 9.86. The van der Waals surface area contributed by atoms with Gasteiger partial charge in [-0.15, -0.1) is 0 Å². The highest BCUT2D eigenvalue weighted by Crippen LogP contribution is 2.56. The van der Waals surface area contributed by atoms with E-state index in [1.165, 1.54) is 38.5 Å². The van der Waals surface area contributed by atoms with Gasteiger partial charge >= 0.3 is 0 Å². The molecule has 2 aliphatic rings. The van der Waals surface area contributed by atoms with Gasteiger partial charge in [-0.1, -0.05) is 86.9 Å². The molecule has 2 unspecified atom stereocenters. The molecule has 0 heterocycles. The second-order valence-corrected chi connectivity index (χ2v) is 11.8. The fraction of sp³-hybridized carbons (Fsp3) is 0.818. The summed E-state index contributed by atoms with van der Waals surface area (Å²) in [6.45, 7) is 11.5. The summed E-state index contributed by atoms with van der Waals surface area (Å²) in [5.74, 6) is 0.733.